The van der Waals surface area contributed by atoms with Gasteiger partial charge in [0, 0.05) is 24.1 Å². The molecule has 0 saturated carbocycles. The van der Waals surface area contributed by atoms with E-state index in [1.54, 1.807) is 12.0 Å². The SMILES string of the molecule is COc1ccccc1C1(CC(=O)O)CCN(C(=O)OC(C)(C)C)CC1. The Hall–Kier alpha value is -2.24. The van der Waals surface area contributed by atoms with E-state index in [0.29, 0.717) is 31.7 Å². The Morgan fingerprint density at radius 2 is 1.80 bits per heavy atom. The van der Waals surface area contributed by atoms with E-state index >= 15 is 0 Å². The molecule has 1 heterocycles. The van der Waals surface area contributed by atoms with E-state index in [1.807, 2.05) is 45.0 Å². The summed E-state index contributed by atoms with van der Waals surface area (Å²) in [6.45, 7) is 6.41. The standard InChI is InChI=1S/C19H27NO5/c1-18(2,3)25-17(23)20-11-9-19(10-12-20,13-16(21)22)14-7-5-6-8-15(14)24-4/h5-8H,9-13H2,1-4H3,(H,21,22). The van der Waals surface area contributed by atoms with Crippen LogP contribution in [0.5, 0.6) is 5.75 Å². The lowest BCUT2D eigenvalue weighted by atomic mass is 9.70. The number of carbonyl (C=O) groups is 2. The predicted octanol–water partition coefficient (Wildman–Crippen LogP) is 3.44. The fourth-order valence-corrected chi connectivity index (χ4v) is 3.36. The average molecular weight is 349 g/mol. The zero-order valence-corrected chi connectivity index (χ0v) is 15.4. The Morgan fingerprint density at radius 1 is 1.20 bits per heavy atom. The van der Waals surface area contributed by atoms with Gasteiger partial charge in [-0.3, -0.25) is 4.79 Å². The van der Waals surface area contributed by atoms with Gasteiger partial charge < -0.3 is 19.5 Å². The molecule has 1 aromatic carbocycles. The largest absolute Gasteiger partial charge is 0.496 e. The number of aliphatic carboxylic acids is 1. The van der Waals surface area contributed by atoms with E-state index in [1.165, 1.54) is 0 Å². The molecule has 1 fully saturated rings. The zero-order chi connectivity index (χ0) is 18.7. The van der Waals surface area contributed by atoms with Crippen molar-refractivity contribution in [2.75, 3.05) is 20.2 Å². The highest BCUT2D eigenvalue weighted by Gasteiger charge is 2.41. The van der Waals surface area contributed by atoms with Crippen molar-refractivity contribution in [1.82, 2.24) is 4.90 Å². The van der Waals surface area contributed by atoms with Gasteiger partial charge in [-0.2, -0.15) is 0 Å². The number of para-hydroxylation sites is 1. The van der Waals surface area contributed by atoms with Gasteiger partial charge in [-0.05, 0) is 39.7 Å². The highest BCUT2D eigenvalue weighted by Crippen LogP contribution is 2.43. The van der Waals surface area contributed by atoms with Gasteiger partial charge in [0.1, 0.15) is 11.4 Å². The molecular formula is C19H27NO5. The minimum absolute atomic E-state index is 0.00946. The molecule has 1 N–H and O–H groups in total. The highest BCUT2D eigenvalue weighted by molar-refractivity contribution is 5.71. The molecule has 0 aromatic heterocycles. The molecule has 1 saturated heterocycles. The highest BCUT2D eigenvalue weighted by atomic mass is 16.6. The van der Waals surface area contributed by atoms with Crippen molar-refractivity contribution in [3.63, 3.8) is 0 Å². The van der Waals surface area contributed by atoms with E-state index in [2.05, 4.69) is 0 Å². The molecule has 6 heteroatoms. The first-order valence-electron chi connectivity index (χ1n) is 8.50. The van der Waals surface area contributed by atoms with Crippen molar-refractivity contribution in [2.45, 2.75) is 51.0 Å². The molecule has 2 rings (SSSR count). The Balaban J connectivity index is 2.22. The van der Waals surface area contributed by atoms with Crippen LogP contribution in [0, 0.1) is 0 Å². The zero-order valence-electron chi connectivity index (χ0n) is 15.4. The molecule has 1 aromatic rings. The maximum Gasteiger partial charge on any atom is 0.410 e. The molecule has 25 heavy (non-hydrogen) atoms. The number of amides is 1. The van der Waals surface area contributed by atoms with Crippen LogP contribution < -0.4 is 4.74 Å². The van der Waals surface area contributed by atoms with Crippen molar-refractivity contribution in [2.24, 2.45) is 0 Å². The molecule has 1 amide bonds. The number of carboxylic acid groups (broad SMARTS) is 1. The van der Waals surface area contributed by atoms with Crippen LogP contribution in [-0.4, -0.2) is 47.9 Å². The van der Waals surface area contributed by atoms with Crippen molar-refractivity contribution in [1.29, 1.82) is 0 Å². The number of methoxy groups -OCH3 is 1. The summed E-state index contributed by atoms with van der Waals surface area (Å²) < 4.78 is 10.9. The van der Waals surface area contributed by atoms with E-state index in [0.717, 1.165) is 5.56 Å². The third kappa shape index (κ3) is 4.65. The summed E-state index contributed by atoms with van der Waals surface area (Å²) in [6, 6.07) is 7.53. The third-order valence-electron chi connectivity index (χ3n) is 4.54. The lowest BCUT2D eigenvalue weighted by molar-refractivity contribution is -0.139. The smallest absolute Gasteiger partial charge is 0.410 e. The molecule has 1 aliphatic heterocycles. The Kier molecular flexibility index (Phi) is 5.60. The summed E-state index contributed by atoms with van der Waals surface area (Å²) >= 11 is 0. The molecule has 0 bridgehead atoms. The van der Waals surface area contributed by atoms with Crippen molar-refractivity contribution >= 4 is 12.1 Å². The maximum absolute atomic E-state index is 12.3. The number of rotatable bonds is 4. The van der Waals surface area contributed by atoms with Gasteiger partial charge in [0.25, 0.3) is 0 Å². The molecular weight excluding hydrogens is 322 g/mol. The first-order chi connectivity index (χ1) is 11.7. The van der Waals surface area contributed by atoms with Crippen LogP contribution in [0.3, 0.4) is 0 Å². The molecule has 0 aliphatic carbocycles. The average Bonchev–Trinajstić information content (AvgIpc) is 2.53. The van der Waals surface area contributed by atoms with Crippen molar-refractivity contribution < 1.29 is 24.2 Å². The van der Waals surface area contributed by atoms with Gasteiger partial charge in [0.05, 0.1) is 13.5 Å². The molecule has 138 valence electrons. The number of carbonyl (C=O) groups excluding carboxylic acids is 1. The molecule has 0 atom stereocenters. The summed E-state index contributed by atoms with van der Waals surface area (Å²) in [5.74, 6) is -0.161. The van der Waals surface area contributed by atoms with Crippen LogP contribution in [0.15, 0.2) is 24.3 Å². The van der Waals surface area contributed by atoms with Gasteiger partial charge in [0.15, 0.2) is 0 Å². The first-order valence-corrected chi connectivity index (χ1v) is 8.50. The first kappa shape index (κ1) is 19.1. The van der Waals surface area contributed by atoms with E-state index in [-0.39, 0.29) is 12.5 Å². The molecule has 0 unspecified atom stereocenters. The number of likely N-dealkylation sites (tertiary alicyclic amines) is 1. The summed E-state index contributed by atoms with van der Waals surface area (Å²) in [6.07, 6.45) is 0.768. The fourth-order valence-electron chi connectivity index (χ4n) is 3.36. The van der Waals surface area contributed by atoms with Gasteiger partial charge >= 0.3 is 12.1 Å². The van der Waals surface area contributed by atoms with Gasteiger partial charge in [-0.15, -0.1) is 0 Å². The van der Waals surface area contributed by atoms with E-state index in [4.69, 9.17) is 9.47 Å². The van der Waals surface area contributed by atoms with Gasteiger partial charge in [0.2, 0.25) is 0 Å². The number of piperidine rings is 1. The second kappa shape index (κ2) is 7.33. The summed E-state index contributed by atoms with van der Waals surface area (Å²) in [5.41, 5.74) is -0.199. The number of hydrogen-bond donors (Lipinski definition) is 1. The number of carboxylic acids is 1. The van der Waals surface area contributed by atoms with Crippen molar-refractivity contribution in [3.05, 3.63) is 29.8 Å². The normalized spacial score (nSPS) is 17.0. The van der Waals surface area contributed by atoms with E-state index in [9.17, 15) is 14.7 Å². The number of benzene rings is 1. The lowest BCUT2D eigenvalue weighted by Gasteiger charge is -2.42. The molecule has 6 nitrogen and oxygen atoms in total. The summed E-state index contributed by atoms with van der Waals surface area (Å²) in [7, 11) is 1.59. The van der Waals surface area contributed by atoms with Crippen LogP contribution in [0.25, 0.3) is 0 Å². The van der Waals surface area contributed by atoms with Crippen LogP contribution in [0.4, 0.5) is 4.79 Å². The number of nitrogens with zero attached hydrogens (tertiary/aromatic N) is 1. The predicted molar refractivity (Wildman–Crippen MR) is 94.0 cm³/mol. The Labute approximate surface area is 148 Å². The third-order valence-corrected chi connectivity index (χ3v) is 4.54. The quantitative estimate of drug-likeness (QED) is 0.901. The van der Waals surface area contributed by atoms with E-state index < -0.39 is 17.0 Å². The topological polar surface area (TPSA) is 76.1 Å². The van der Waals surface area contributed by atoms with Crippen LogP contribution in [-0.2, 0) is 14.9 Å². The summed E-state index contributed by atoms with van der Waals surface area (Å²) in [4.78, 5) is 25.4. The minimum Gasteiger partial charge on any atom is -0.496 e. The maximum atomic E-state index is 12.3. The second-order valence-electron chi connectivity index (χ2n) is 7.52. The molecule has 0 spiro atoms. The van der Waals surface area contributed by atoms with Gasteiger partial charge in [-0.25, -0.2) is 4.79 Å². The molecule has 0 radical (unpaired) electrons. The van der Waals surface area contributed by atoms with Crippen molar-refractivity contribution in [3.8, 4) is 5.75 Å². The number of ether oxygens (including phenoxy) is 2. The van der Waals surface area contributed by atoms with Crippen LogP contribution in [0.2, 0.25) is 0 Å². The fraction of sp³-hybridized carbons (Fsp3) is 0.579. The monoisotopic (exact) mass is 349 g/mol. The Bertz CT molecular complexity index is 627. The minimum atomic E-state index is -0.850. The molecule has 1 aliphatic rings. The lowest BCUT2D eigenvalue weighted by Crippen LogP contribution is -2.47. The second-order valence-corrected chi connectivity index (χ2v) is 7.52. The summed E-state index contributed by atoms with van der Waals surface area (Å²) in [5, 5.41) is 9.44. The number of hydrogen-bond acceptors (Lipinski definition) is 4. The van der Waals surface area contributed by atoms with Gasteiger partial charge in [-0.1, -0.05) is 18.2 Å². The Morgan fingerprint density at radius 3 is 2.32 bits per heavy atom. The van der Waals surface area contributed by atoms with Crippen LogP contribution >= 0.6 is 0 Å². The van der Waals surface area contributed by atoms with Crippen LogP contribution in [0.1, 0.15) is 45.6 Å².